The SMILES string of the molecule is CCCn1c(=O)n(CC(=O)N[C@H](C)c2ccc(Cl)cc2)c2ccccc21. The molecule has 2 aromatic carbocycles. The van der Waals surface area contributed by atoms with Crippen molar-refractivity contribution in [1.82, 2.24) is 14.5 Å². The van der Waals surface area contributed by atoms with Crippen molar-refractivity contribution in [3.63, 3.8) is 0 Å². The molecule has 0 aliphatic heterocycles. The van der Waals surface area contributed by atoms with Gasteiger partial charge >= 0.3 is 5.69 Å². The molecule has 0 spiro atoms. The molecule has 136 valence electrons. The number of fused-ring (bicyclic) bond motifs is 1. The quantitative estimate of drug-likeness (QED) is 0.717. The highest BCUT2D eigenvalue weighted by Gasteiger charge is 2.16. The number of hydrogen-bond acceptors (Lipinski definition) is 2. The van der Waals surface area contributed by atoms with Crippen molar-refractivity contribution in [3.8, 4) is 0 Å². The lowest BCUT2D eigenvalue weighted by Crippen LogP contribution is -2.34. The highest BCUT2D eigenvalue weighted by Crippen LogP contribution is 2.17. The molecule has 0 radical (unpaired) electrons. The van der Waals surface area contributed by atoms with Crippen LogP contribution in [0.15, 0.2) is 53.3 Å². The van der Waals surface area contributed by atoms with Crippen molar-refractivity contribution in [1.29, 1.82) is 0 Å². The van der Waals surface area contributed by atoms with Crippen LogP contribution in [0.25, 0.3) is 11.0 Å². The van der Waals surface area contributed by atoms with Crippen LogP contribution in [0, 0.1) is 0 Å². The number of rotatable bonds is 6. The Bertz CT molecular complexity index is 973. The Morgan fingerprint density at radius 2 is 1.69 bits per heavy atom. The zero-order valence-corrected chi connectivity index (χ0v) is 15.7. The number of aromatic nitrogens is 2. The molecule has 0 unspecified atom stereocenters. The molecule has 6 heteroatoms. The average Bonchev–Trinajstić information content (AvgIpc) is 2.88. The molecular weight excluding hydrogens is 350 g/mol. The van der Waals surface area contributed by atoms with E-state index < -0.39 is 0 Å². The highest BCUT2D eigenvalue weighted by atomic mass is 35.5. The Hall–Kier alpha value is -2.53. The van der Waals surface area contributed by atoms with Gasteiger partial charge in [0.1, 0.15) is 6.54 Å². The van der Waals surface area contributed by atoms with Gasteiger partial charge in [-0.25, -0.2) is 4.79 Å². The van der Waals surface area contributed by atoms with Gasteiger partial charge in [0.2, 0.25) is 5.91 Å². The van der Waals surface area contributed by atoms with E-state index in [1.54, 1.807) is 16.7 Å². The molecule has 3 rings (SSSR count). The van der Waals surface area contributed by atoms with Crippen molar-refractivity contribution in [3.05, 3.63) is 69.6 Å². The third kappa shape index (κ3) is 3.68. The standard InChI is InChI=1S/C20H22ClN3O2/c1-3-12-23-17-6-4-5-7-18(17)24(20(23)26)13-19(25)22-14(2)15-8-10-16(21)11-9-15/h4-11,14H,3,12-13H2,1-2H3,(H,22,25)/t14-/m1/s1. The number of imidazole rings is 1. The number of amides is 1. The molecule has 0 saturated heterocycles. The average molecular weight is 372 g/mol. The van der Waals surface area contributed by atoms with E-state index in [0.717, 1.165) is 23.0 Å². The first-order chi connectivity index (χ1) is 12.5. The first-order valence-corrected chi connectivity index (χ1v) is 9.12. The van der Waals surface area contributed by atoms with Gasteiger partial charge in [-0.2, -0.15) is 0 Å². The van der Waals surface area contributed by atoms with Gasteiger partial charge in [-0.15, -0.1) is 0 Å². The van der Waals surface area contributed by atoms with Gasteiger partial charge in [-0.05, 0) is 43.2 Å². The van der Waals surface area contributed by atoms with Gasteiger partial charge in [-0.1, -0.05) is 42.8 Å². The third-order valence-corrected chi connectivity index (χ3v) is 4.67. The molecule has 26 heavy (non-hydrogen) atoms. The Balaban J connectivity index is 1.82. The maximum absolute atomic E-state index is 12.7. The smallest absolute Gasteiger partial charge is 0.329 e. The number of aryl methyl sites for hydroxylation is 1. The number of hydrogen-bond donors (Lipinski definition) is 1. The van der Waals surface area contributed by atoms with Gasteiger partial charge in [0.25, 0.3) is 0 Å². The van der Waals surface area contributed by atoms with Gasteiger partial charge in [0.05, 0.1) is 17.1 Å². The second-order valence-electron chi connectivity index (χ2n) is 6.35. The van der Waals surface area contributed by atoms with Gasteiger partial charge in [-0.3, -0.25) is 13.9 Å². The Morgan fingerprint density at radius 3 is 2.31 bits per heavy atom. The molecule has 0 bridgehead atoms. The Morgan fingerprint density at radius 1 is 1.08 bits per heavy atom. The zero-order chi connectivity index (χ0) is 18.7. The lowest BCUT2D eigenvalue weighted by molar-refractivity contribution is -0.122. The molecule has 1 aromatic heterocycles. The normalized spacial score (nSPS) is 12.3. The zero-order valence-electron chi connectivity index (χ0n) is 14.9. The van der Waals surface area contributed by atoms with Crippen LogP contribution in [-0.4, -0.2) is 15.0 Å². The molecular formula is C20H22ClN3O2. The summed E-state index contributed by atoms with van der Waals surface area (Å²) in [5, 5.41) is 3.60. The van der Waals surface area contributed by atoms with E-state index in [0.29, 0.717) is 11.6 Å². The maximum Gasteiger partial charge on any atom is 0.329 e. The van der Waals surface area contributed by atoms with Crippen LogP contribution in [0.3, 0.4) is 0 Å². The molecule has 3 aromatic rings. The van der Waals surface area contributed by atoms with Gasteiger partial charge in [0.15, 0.2) is 0 Å². The van der Waals surface area contributed by atoms with Crippen LogP contribution in [0.1, 0.15) is 31.9 Å². The number of halogens is 1. The minimum absolute atomic E-state index is 0.00596. The molecule has 1 amide bonds. The van der Waals surface area contributed by atoms with Crippen LogP contribution in [0.2, 0.25) is 5.02 Å². The Kier molecular flexibility index (Phi) is 5.47. The summed E-state index contributed by atoms with van der Waals surface area (Å²) in [7, 11) is 0. The monoisotopic (exact) mass is 371 g/mol. The lowest BCUT2D eigenvalue weighted by Gasteiger charge is -2.14. The van der Waals surface area contributed by atoms with Crippen molar-refractivity contribution >= 4 is 28.5 Å². The lowest BCUT2D eigenvalue weighted by atomic mass is 10.1. The molecule has 1 heterocycles. The van der Waals surface area contributed by atoms with Crippen LogP contribution in [0.5, 0.6) is 0 Å². The third-order valence-electron chi connectivity index (χ3n) is 4.42. The minimum Gasteiger partial charge on any atom is -0.348 e. The van der Waals surface area contributed by atoms with Gasteiger partial charge < -0.3 is 5.32 Å². The summed E-state index contributed by atoms with van der Waals surface area (Å²) >= 11 is 5.90. The van der Waals surface area contributed by atoms with E-state index in [1.165, 1.54) is 4.57 Å². The van der Waals surface area contributed by atoms with E-state index in [2.05, 4.69) is 5.32 Å². The van der Waals surface area contributed by atoms with Gasteiger partial charge in [0, 0.05) is 11.6 Å². The summed E-state index contributed by atoms with van der Waals surface area (Å²) in [6, 6.07) is 14.8. The van der Waals surface area contributed by atoms with Crippen molar-refractivity contribution in [2.24, 2.45) is 0 Å². The van der Waals surface area contributed by atoms with Crippen LogP contribution < -0.4 is 11.0 Å². The molecule has 1 atom stereocenters. The number of para-hydroxylation sites is 2. The number of carbonyl (C=O) groups excluding carboxylic acids is 1. The molecule has 0 saturated carbocycles. The van der Waals surface area contributed by atoms with E-state index in [-0.39, 0.29) is 24.2 Å². The summed E-state index contributed by atoms with van der Waals surface area (Å²) in [4.78, 5) is 25.3. The predicted molar refractivity (Wildman–Crippen MR) is 104 cm³/mol. The molecule has 0 aliphatic rings. The van der Waals surface area contributed by atoms with E-state index in [4.69, 9.17) is 11.6 Å². The number of carbonyl (C=O) groups is 1. The molecule has 0 aliphatic carbocycles. The van der Waals surface area contributed by atoms with Crippen molar-refractivity contribution < 1.29 is 4.79 Å². The highest BCUT2D eigenvalue weighted by molar-refractivity contribution is 6.30. The Labute approximate surface area is 157 Å². The second-order valence-corrected chi connectivity index (χ2v) is 6.79. The van der Waals surface area contributed by atoms with Crippen LogP contribution in [-0.2, 0) is 17.9 Å². The molecule has 0 fully saturated rings. The van der Waals surface area contributed by atoms with Crippen molar-refractivity contribution in [2.45, 2.75) is 39.4 Å². The second kappa shape index (κ2) is 7.79. The maximum atomic E-state index is 12.7. The number of nitrogens with zero attached hydrogens (tertiary/aromatic N) is 2. The number of benzene rings is 2. The van der Waals surface area contributed by atoms with Crippen LogP contribution >= 0.6 is 11.6 Å². The summed E-state index contributed by atoms with van der Waals surface area (Å²) in [6.07, 6.45) is 0.855. The topological polar surface area (TPSA) is 56.0 Å². The molecule has 1 N–H and O–H groups in total. The fourth-order valence-corrected chi connectivity index (χ4v) is 3.26. The fourth-order valence-electron chi connectivity index (χ4n) is 3.13. The van der Waals surface area contributed by atoms with E-state index in [1.807, 2.05) is 50.2 Å². The first-order valence-electron chi connectivity index (χ1n) is 8.74. The summed E-state index contributed by atoms with van der Waals surface area (Å²) in [5.74, 6) is -0.200. The summed E-state index contributed by atoms with van der Waals surface area (Å²) < 4.78 is 3.26. The van der Waals surface area contributed by atoms with Crippen LogP contribution in [0.4, 0.5) is 0 Å². The van der Waals surface area contributed by atoms with Crippen molar-refractivity contribution in [2.75, 3.05) is 0 Å². The van der Waals surface area contributed by atoms with E-state index >= 15 is 0 Å². The number of nitrogens with one attached hydrogen (secondary N) is 1. The van der Waals surface area contributed by atoms with E-state index in [9.17, 15) is 9.59 Å². The molecule has 5 nitrogen and oxygen atoms in total. The summed E-state index contributed by atoms with van der Waals surface area (Å²) in [6.45, 7) is 4.56. The largest absolute Gasteiger partial charge is 0.348 e. The predicted octanol–water partition coefficient (Wildman–Crippen LogP) is 3.74. The fraction of sp³-hybridized carbons (Fsp3) is 0.300. The minimum atomic E-state index is -0.200. The summed E-state index contributed by atoms with van der Waals surface area (Å²) in [5.41, 5.74) is 2.45. The first kappa shape index (κ1) is 18.3.